The Morgan fingerprint density at radius 1 is 1.09 bits per heavy atom. The molecule has 2 rings (SSSR count). The quantitative estimate of drug-likeness (QED) is 0.630. The zero-order valence-electron chi connectivity index (χ0n) is 12.9. The molecule has 0 aliphatic carbocycles. The Morgan fingerprint density at radius 3 is 2.39 bits per heavy atom. The highest BCUT2D eigenvalue weighted by Crippen LogP contribution is 2.22. The van der Waals surface area contributed by atoms with Crippen molar-refractivity contribution in [2.75, 3.05) is 20.1 Å². The van der Waals surface area contributed by atoms with Crippen molar-refractivity contribution in [3.05, 3.63) is 47.7 Å². The van der Waals surface area contributed by atoms with Gasteiger partial charge in [-0.25, -0.2) is 4.79 Å². The molecule has 0 radical (unpaired) electrons. The van der Waals surface area contributed by atoms with Crippen LogP contribution in [0, 0.1) is 0 Å². The Balaban J connectivity index is 0.00000242. The number of rotatable bonds is 8. The Morgan fingerprint density at radius 2 is 1.78 bits per heavy atom. The molecule has 0 saturated heterocycles. The van der Waals surface area contributed by atoms with Gasteiger partial charge in [-0.3, -0.25) is 0 Å². The van der Waals surface area contributed by atoms with Gasteiger partial charge in [0.05, 0.1) is 12.1 Å². The van der Waals surface area contributed by atoms with Crippen molar-refractivity contribution in [2.45, 2.75) is 13.0 Å². The molecule has 3 N–H and O–H groups in total. The van der Waals surface area contributed by atoms with E-state index >= 15 is 0 Å². The Hall–Kier alpha value is -1.53. The minimum atomic E-state index is -0.924. The number of hydrogen-bond donors (Lipinski definition) is 3. The zero-order valence-corrected chi connectivity index (χ0v) is 14.5. The number of benzene rings is 1. The van der Waals surface area contributed by atoms with E-state index in [0.29, 0.717) is 6.54 Å². The third kappa shape index (κ3) is 6.62. The summed E-state index contributed by atoms with van der Waals surface area (Å²) in [6, 6.07) is 10.5. The molecule has 0 aliphatic rings. The van der Waals surface area contributed by atoms with Gasteiger partial charge in [0.25, 0.3) is 0 Å². The van der Waals surface area contributed by atoms with Gasteiger partial charge in [0, 0.05) is 5.56 Å². The molecule has 0 atom stereocenters. The predicted molar refractivity (Wildman–Crippen MR) is 95.8 cm³/mol. The van der Waals surface area contributed by atoms with Crippen LogP contribution >= 0.6 is 24.8 Å². The highest BCUT2D eigenvalue weighted by atomic mass is 35.5. The molecule has 1 aromatic carbocycles. The van der Waals surface area contributed by atoms with Crippen molar-refractivity contribution < 1.29 is 14.3 Å². The summed E-state index contributed by atoms with van der Waals surface area (Å²) in [6.45, 7) is 2.62. The lowest BCUT2D eigenvalue weighted by molar-refractivity contribution is 0.0697. The molecule has 2 aromatic rings. The summed E-state index contributed by atoms with van der Waals surface area (Å²) < 4.78 is 5.75. The second-order valence-corrected chi connectivity index (χ2v) is 4.78. The number of carbonyl (C=O) groups is 1. The molecular weight excluding hydrogens is 339 g/mol. The van der Waals surface area contributed by atoms with Gasteiger partial charge >= 0.3 is 5.97 Å². The molecule has 7 heteroatoms. The van der Waals surface area contributed by atoms with Crippen LogP contribution in [0.4, 0.5) is 0 Å². The van der Waals surface area contributed by atoms with Crippen LogP contribution in [0.15, 0.2) is 40.8 Å². The highest BCUT2D eigenvalue weighted by Gasteiger charge is 2.06. The number of hydrogen-bond acceptors (Lipinski definition) is 4. The number of furan rings is 1. The second-order valence-electron chi connectivity index (χ2n) is 4.78. The third-order valence-electron chi connectivity index (χ3n) is 3.16. The van der Waals surface area contributed by atoms with Crippen molar-refractivity contribution in [1.29, 1.82) is 0 Å². The van der Waals surface area contributed by atoms with E-state index in [2.05, 4.69) is 10.6 Å². The number of aromatic carboxylic acids is 1. The number of halogens is 2. The lowest BCUT2D eigenvalue weighted by atomic mass is 10.1. The molecule has 0 saturated carbocycles. The first-order valence-electron chi connectivity index (χ1n) is 6.98. The lowest BCUT2D eigenvalue weighted by Crippen LogP contribution is -2.19. The van der Waals surface area contributed by atoms with Gasteiger partial charge in [-0.15, -0.1) is 24.8 Å². The van der Waals surface area contributed by atoms with Crippen LogP contribution in [0.25, 0.3) is 11.3 Å². The van der Waals surface area contributed by atoms with E-state index in [1.54, 1.807) is 24.3 Å². The monoisotopic (exact) mass is 360 g/mol. The summed E-state index contributed by atoms with van der Waals surface area (Å²) in [7, 11) is 1.94. The number of carboxylic acids is 1. The fourth-order valence-electron chi connectivity index (χ4n) is 2.01. The van der Waals surface area contributed by atoms with E-state index in [4.69, 9.17) is 9.52 Å². The van der Waals surface area contributed by atoms with Crippen LogP contribution in [-0.4, -0.2) is 31.2 Å². The molecule has 23 heavy (non-hydrogen) atoms. The molecule has 1 heterocycles. The largest absolute Gasteiger partial charge is 0.478 e. The molecular formula is C16H22Cl2N2O3. The number of carboxylic acid groups (broad SMARTS) is 1. The smallest absolute Gasteiger partial charge is 0.335 e. The average Bonchev–Trinajstić information content (AvgIpc) is 2.96. The summed E-state index contributed by atoms with van der Waals surface area (Å²) in [5, 5.41) is 15.3. The zero-order chi connectivity index (χ0) is 15.1. The number of nitrogens with one attached hydrogen (secondary N) is 2. The molecule has 5 nitrogen and oxygen atoms in total. The maximum Gasteiger partial charge on any atom is 0.335 e. The third-order valence-corrected chi connectivity index (χ3v) is 3.16. The summed E-state index contributed by atoms with van der Waals surface area (Å²) in [4.78, 5) is 10.8. The van der Waals surface area contributed by atoms with Gasteiger partial charge in [0.1, 0.15) is 11.5 Å². The van der Waals surface area contributed by atoms with Crippen LogP contribution in [0.5, 0.6) is 0 Å². The van der Waals surface area contributed by atoms with Gasteiger partial charge < -0.3 is 20.2 Å². The van der Waals surface area contributed by atoms with Gasteiger partial charge in [0.2, 0.25) is 0 Å². The molecule has 0 spiro atoms. The minimum absolute atomic E-state index is 0. The van der Waals surface area contributed by atoms with E-state index in [0.717, 1.165) is 36.6 Å². The van der Waals surface area contributed by atoms with Gasteiger partial charge in [-0.1, -0.05) is 12.1 Å². The van der Waals surface area contributed by atoms with E-state index in [-0.39, 0.29) is 30.4 Å². The fourth-order valence-corrected chi connectivity index (χ4v) is 2.01. The first kappa shape index (κ1) is 21.5. The maximum atomic E-state index is 10.8. The van der Waals surface area contributed by atoms with E-state index in [1.807, 2.05) is 19.2 Å². The topological polar surface area (TPSA) is 74.5 Å². The first-order chi connectivity index (χ1) is 10.2. The van der Waals surface area contributed by atoms with Crippen LogP contribution in [-0.2, 0) is 6.54 Å². The molecule has 128 valence electrons. The Bertz CT molecular complexity index is 585. The lowest BCUT2D eigenvalue weighted by Gasteiger charge is -2.02. The van der Waals surface area contributed by atoms with Crippen molar-refractivity contribution in [3.8, 4) is 11.3 Å². The van der Waals surface area contributed by atoms with E-state index in [9.17, 15) is 4.79 Å². The van der Waals surface area contributed by atoms with Gasteiger partial charge in [-0.05, 0) is 50.8 Å². The Kier molecular flexibility index (Phi) is 10.3. The summed E-state index contributed by atoms with van der Waals surface area (Å²) >= 11 is 0. The average molecular weight is 361 g/mol. The first-order valence-corrected chi connectivity index (χ1v) is 6.98. The minimum Gasteiger partial charge on any atom is -0.478 e. The molecule has 0 fully saturated rings. The van der Waals surface area contributed by atoms with E-state index in [1.165, 1.54) is 0 Å². The van der Waals surface area contributed by atoms with Crippen molar-refractivity contribution >= 4 is 30.8 Å². The molecule has 0 amide bonds. The second kappa shape index (κ2) is 11.1. The molecule has 0 bridgehead atoms. The molecule has 0 unspecified atom stereocenters. The van der Waals surface area contributed by atoms with Gasteiger partial charge in [0.15, 0.2) is 0 Å². The molecule has 1 aromatic heterocycles. The van der Waals surface area contributed by atoms with Gasteiger partial charge in [-0.2, -0.15) is 0 Å². The standard InChI is InChI=1S/C16H20N2O3.2ClH/c1-17-9-2-10-18-11-14-7-8-15(21-14)12-3-5-13(6-4-12)16(19)20;;/h3-8,17-18H,2,9-11H2,1H3,(H,19,20);2*1H. The van der Waals surface area contributed by atoms with Crippen molar-refractivity contribution in [2.24, 2.45) is 0 Å². The SMILES string of the molecule is CNCCCNCc1ccc(-c2ccc(C(=O)O)cc2)o1.Cl.Cl. The molecule has 0 aliphatic heterocycles. The van der Waals surface area contributed by atoms with Crippen molar-refractivity contribution in [1.82, 2.24) is 10.6 Å². The van der Waals surface area contributed by atoms with Crippen molar-refractivity contribution in [3.63, 3.8) is 0 Å². The van der Waals surface area contributed by atoms with Crippen LogP contribution < -0.4 is 10.6 Å². The summed E-state index contributed by atoms with van der Waals surface area (Å²) in [6.07, 6.45) is 1.07. The highest BCUT2D eigenvalue weighted by molar-refractivity contribution is 5.88. The van der Waals surface area contributed by atoms with Crippen LogP contribution in [0.2, 0.25) is 0 Å². The Labute approximate surface area is 148 Å². The fraction of sp³-hybridized carbons (Fsp3) is 0.312. The summed E-state index contributed by atoms with van der Waals surface area (Å²) in [5.74, 6) is 0.697. The summed E-state index contributed by atoms with van der Waals surface area (Å²) in [5.41, 5.74) is 1.15. The van der Waals surface area contributed by atoms with E-state index < -0.39 is 5.97 Å². The van der Waals surface area contributed by atoms with Crippen LogP contribution in [0.3, 0.4) is 0 Å². The maximum absolute atomic E-state index is 10.8. The van der Waals surface area contributed by atoms with Crippen LogP contribution in [0.1, 0.15) is 22.5 Å². The normalized spacial score (nSPS) is 9.78. The predicted octanol–water partition coefficient (Wildman–Crippen LogP) is 3.19.